The number of nitrogens with zero attached hydrogens (tertiary/aromatic N) is 1. The van der Waals surface area contributed by atoms with Crippen molar-refractivity contribution in [3.05, 3.63) is 70.3 Å². The van der Waals surface area contributed by atoms with Gasteiger partial charge < -0.3 is 19.8 Å². The van der Waals surface area contributed by atoms with Crippen molar-refractivity contribution in [2.45, 2.75) is 0 Å². The number of furan rings is 1. The lowest BCUT2D eigenvalue weighted by Gasteiger charge is -2.11. The summed E-state index contributed by atoms with van der Waals surface area (Å²) in [6.07, 6.45) is 0. The van der Waals surface area contributed by atoms with Crippen molar-refractivity contribution in [1.29, 1.82) is 0 Å². The van der Waals surface area contributed by atoms with Gasteiger partial charge in [0, 0.05) is 35.5 Å². The zero-order valence-electron chi connectivity index (χ0n) is 15.7. The molecule has 0 aliphatic rings. The molecule has 4 aromatic rings. The van der Waals surface area contributed by atoms with Crippen molar-refractivity contribution in [2.24, 2.45) is 0 Å². The van der Waals surface area contributed by atoms with Crippen molar-refractivity contribution in [1.82, 2.24) is 0 Å². The topological polar surface area (TPSA) is 107 Å². The summed E-state index contributed by atoms with van der Waals surface area (Å²) in [5, 5.41) is 18.5. The predicted octanol–water partition coefficient (Wildman–Crippen LogP) is 4.80. The minimum Gasteiger partial charge on any atom is -0.495 e. The van der Waals surface area contributed by atoms with E-state index in [1.54, 1.807) is 19.2 Å². The van der Waals surface area contributed by atoms with Gasteiger partial charge in [0.1, 0.15) is 22.6 Å². The van der Waals surface area contributed by atoms with Crippen LogP contribution < -0.4 is 15.4 Å². The van der Waals surface area contributed by atoms with E-state index in [2.05, 4.69) is 10.6 Å². The number of ether oxygens (including phenoxy) is 1. The van der Waals surface area contributed by atoms with E-state index in [-0.39, 0.29) is 11.3 Å². The van der Waals surface area contributed by atoms with E-state index >= 15 is 0 Å². The summed E-state index contributed by atoms with van der Waals surface area (Å²) in [6.45, 7) is 0. The first kappa shape index (κ1) is 18.3. The summed E-state index contributed by atoms with van der Waals surface area (Å²) in [4.78, 5) is 23.4. The number of benzene rings is 3. The number of amides is 1. The third-order valence-corrected chi connectivity index (χ3v) is 4.67. The molecule has 0 saturated carbocycles. The average Bonchev–Trinajstić information content (AvgIpc) is 3.09. The maximum Gasteiger partial charge on any atom is 0.293 e. The van der Waals surface area contributed by atoms with Crippen LogP contribution in [0.1, 0.15) is 10.4 Å². The maximum absolute atomic E-state index is 12.7. The monoisotopic (exact) mass is 391 g/mol. The van der Waals surface area contributed by atoms with Crippen LogP contribution in [0.5, 0.6) is 5.75 Å². The Kier molecular flexibility index (Phi) is 4.52. The summed E-state index contributed by atoms with van der Waals surface area (Å²) >= 11 is 0. The van der Waals surface area contributed by atoms with E-state index in [0.29, 0.717) is 22.7 Å². The van der Waals surface area contributed by atoms with E-state index < -0.39 is 10.8 Å². The molecule has 0 unspecified atom stereocenters. The zero-order valence-corrected chi connectivity index (χ0v) is 15.7. The van der Waals surface area contributed by atoms with Crippen LogP contribution >= 0.6 is 0 Å². The Labute approximate surface area is 165 Å². The maximum atomic E-state index is 12.7. The quantitative estimate of drug-likeness (QED) is 0.374. The molecule has 0 atom stereocenters. The molecule has 1 aromatic heterocycles. The molecule has 0 bridgehead atoms. The number of carbonyl (C=O) groups excluding carboxylic acids is 1. The average molecular weight is 391 g/mol. The number of fused-ring (bicyclic) bond motifs is 3. The molecule has 0 aliphatic carbocycles. The molecular formula is C21H17N3O5. The summed E-state index contributed by atoms with van der Waals surface area (Å²) < 4.78 is 11.3. The van der Waals surface area contributed by atoms with Crippen LogP contribution in [0, 0.1) is 10.1 Å². The summed E-state index contributed by atoms with van der Waals surface area (Å²) in [6, 6.07) is 15.3. The van der Waals surface area contributed by atoms with Gasteiger partial charge in [-0.3, -0.25) is 14.9 Å². The van der Waals surface area contributed by atoms with Crippen LogP contribution in [0.15, 0.2) is 59.0 Å². The second-order valence-electron chi connectivity index (χ2n) is 6.34. The molecule has 2 N–H and O–H groups in total. The second-order valence-corrected chi connectivity index (χ2v) is 6.34. The number of methoxy groups -OCH3 is 1. The van der Waals surface area contributed by atoms with Gasteiger partial charge in [-0.25, -0.2) is 0 Å². The number of rotatable bonds is 5. The first-order valence-electron chi connectivity index (χ1n) is 8.78. The fourth-order valence-electron chi connectivity index (χ4n) is 3.25. The number of carbonyl (C=O) groups is 1. The van der Waals surface area contributed by atoms with Gasteiger partial charge in [-0.05, 0) is 24.3 Å². The van der Waals surface area contributed by atoms with Gasteiger partial charge in [0.25, 0.3) is 11.6 Å². The van der Waals surface area contributed by atoms with Gasteiger partial charge in [-0.1, -0.05) is 18.2 Å². The van der Waals surface area contributed by atoms with Crippen LogP contribution in [0.25, 0.3) is 21.9 Å². The van der Waals surface area contributed by atoms with Crippen LogP contribution in [-0.4, -0.2) is 25.0 Å². The molecule has 8 heteroatoms. The molecule has 0 aliphatic heterocycles. The van der Waals surface area contributed by atoms with Gasteiger partial charge in [0.2, 0.25) is 0 Å². The normalized spacial score (nSPS) is 10.8. The van der Waals surface area contributed by atoms with Gasteiger partial charge in [-0.2, -0.15) is 0 Å². The fraction of sp³-hybridized carbons (Fsp3) is 0.0952. The third-order valence-electron chi connectivity index (χ3n) is 4.67. The minimum absolute atomic E-state index is 0.155. The highest BCUT2D eigenvalue weighted by Gasteiger charge is 2.19. The molecule has 3 aromatic carbocycles. The smallest absolute Gasteiger partial charge is 0.293 e. The molecule has 1 amide bonds. The number of hydrogen-bond acceptors (Lipinski definition) is 6. The van der Waals surface area contributed by atoms with Crippen LogP contribution in [0.2, 0.25) is 0 Å². The SMILES string of the molecule is CNc1ccc(C(=O)Nc2cc3oc4ccccc4c3cc2OC)cc1[N+](=O)[O-]. The molecule has 0 radical (unpaired) electrons. The Morgan fingerprint density at radius 1 is 1.03 bits per heavy atom. The summed E-state index contributed by atoms with van der Waals surface area (Å²) in [5.41, 5.74) is 2.03. The van der Waals surface area contributed by atoms with Gasteiger partial charge in [0.15, 0.2) is 0 Å². The number of anilines is 2. The van der Waals surface area contributed by atoms with Gasteiger partial charge >= 0.3 is 0 Å². The van der Waals surface area contributed by atoms with Crippen molar-refractivity contribution < 1.29 is 18.9 Å². The van der Waals surface area contributed by atoms with E-state index in [1.807, 2.05) is 24.3 Å². The van der Waals surface area contributed by atoms with E-state index in [1.165, 1.54) is 25.3 Å². The summed E-state index contributed by atoms with van der Waals surface area (Å²) in [7, 11) is 3.08. The molecule has 0 fully saturated rings. The van der Waals surface area contributed by atoms with Crippen molar-refractivity contribution >= 4 is 44.9 Å². The van der Waals surface area contributed by atoms with Crippen LogP contribution in [0.3, 0.4) is 0 Å². The molecule has 0 spiro atoms. The Hall–Kier alpha value is -4.07. The molecule has 0 saturated heterocycles. The zero-order chi connectivity index (χ0) is 20.5. The number of hydrogen-bond donors (Lipinski definition) is 2. The van der Waals surface area contributed by atoms with Crippen molar-refractivity contribution in [2.75, 3.05) is 24.8 Å². The standard InChI is InChI=1S/C21H17N3O5/c1-22-15-8-7-12(9-17(15)24(26)27)21(25)23-16-11-19-14(10-20(16)28-2)13-5-3-4-6-18(13)29-19/h3-11,22H,1-2H3,(H,23,25). The largest absolute Gasteiger partial charge is 0.495 e. The predicted molar refractivity (Wildman–Crippen MR) is 111 cm³/mol. The highest BCUT2D eigenvalue weighted by molar-refractivity contribution is 6.10. The molecule has 1 heterocycles. The molecule has 29 heavy (non-hydrogen) atoms. The number of nitro groups is 1. The lowest BCUT2D eigenvalue weighted by molar-refractivity contribution is -0.384. The minimum atomic E-state index is -0.538. The van der Waals surface area contributed by atoms with Crippen molar-refractivity contribution in [3.8, 4) is 5.75 Å². The molecule has 146 valence electrons. The number of nitro benzene ring substituents is 1. The van der Waals surface area contributed by atoms with Crippen LogP contribution in [0.4, 0.5) is 17.1 Å². The first-order chi connectivity index (χ1) is 14.0. The fourth-order valence-corrected chi connectivity index (χ4v) is 3.25. The number of para-hydroxylation sites is 1. The Balaban J connectivity index is 1.73. The second kappa shape index (κ2) is 7.16. The Morgan fingerprint density at radius 3 is 2.55 bits per heavy atom. The van der Waals surface area contributed by atoms with Gasteiger partial charge in [0.05, 0.1) is 17.7 Å². The first-order valence-corrected chi connectivity index (χ1v) is 8.78. The molecule has 4 rings (SSSR count). The van der Waals surface area contributed by atoms with Crippen LogP contribution in [-0.2, 0) is 0 Å². The van der Waals surface area contributed by atoms with E-state index in [4.69, 9.17) is 9.15 Å². The molecular weight excluding hydrogens is 374 g/mol. The lowest BCUT2D eigenvalue weighted by atomic mass is 10.1. The van der Waals surface area contributed by atoms with E-state index in [9.17, 15) is 14.9 Å². The third kappa shape index (κ3) is 3.20. The highest BCUT2D eigenvalue weighted by Crippen LogP contribution is 2.36. The molecule has 8 nitrogen and oxygen atoms in total. The van der Waals surface area contributed by atoms with Gasteiger partial charge in [-0.15, -0.1) is 0 Å². The number of nitrogens with one attached hydrogen (secondary N) is 2. The van der Waals surface area contributed by atoms with Crippen molar-refractivity contribution in [3.63, 3.8) is 0 Å². The Bertz CT molecular complexity index is 1260. The van der Waals surface area contributed by atoms with E-state index in [0.717, 1.165) is 16.4 Å². The summed E-state index contributed by atoms with van der Waals surface area (Å²) in [5.74, 6) is -0.0386. The lowest BCUT2D eigenvalue weighted by Crippen LogP contribution is -2.13. The highest BCUT2D eigenvalue weighted by atomic mass is 16.6. The Morgan fingerprint density at radius 2 is 1.83 bits per heavy atom.